The topological polar surface area (TPSA) is 21.3 Å². The normalized spacial score (nSPS) is 11.7. The van der Waals surface area contributed by atoms with Crippen LogP contribution in [0.25, 0.3) is 115 Å². The molecule has 0 aliphatic heterocycles. The molecule has 0 aliphatic carbocycles. The van der Waals surface area contributed by atoms with Crippen molar-refractivity contribution in [3.8, 4) is 50.2 Å². The zero-order valence-corrected chi connectivity index (χ0v) is 38.7. The summed E-state index contributed by atoms with van der Waals surface area (Å²) in [4.78, 5) is 2.35. The lowest BCUT2D eigenvalue weighted by atomic mass is 9.96. The maximum absolute atomic E-state index is 6.77. The predicted octanol–water partition coefficient (Wildman–Crippen LogP) is 19.1. The van der Waals surface area contributed by atoms with E-state index in [9.17, 15) is 0 Å². The first kappa shape index (κ1) is 40.6. The fourth-order valence-corrected chi connectivity index (χ4v) is 11.0. The second-order valence-electron chi connectivity index (χ2n) is 18.4. The minimum atomic E-state index is 0.904. The highest BCUT2D eigenvalue weighted by molar-refractivity contribution is 6.17. The average molecular weight is 905 g/mol. The van der Waals surface area contributed by atoms with Crippen molar-refractivity contribution in [2.24, 2.45) is 0 Å². The Balaban J connectivity index is 0.847. The van der Waals surface area contributed by atoms with Gasteiger partial charge in [0.15, 0.2) is 0 Å². The molecule has 2 aromatic heterocycles. The van der Waals surface area contributed by atoms with Crippen molar-refractivity contribution >= 4 is 82.4 Å². The fourth-order valence-electron chi connectivity index (χ4n) is 11.0. The number of para-hydroxylation sites is 4. The van der Waals surface area contributed by atoms with Gasteiger partial charge in [0.1, 0.15) is 11.2 Å². The van der Waals surface area contributed by atoms with Gasteiger partial charge in [0.2, 0.25) is 0 Å². The maximum atomic E-state index is 6.77. The average Bonchev–Trinajstić information content (AvgIpc) is 4.00. The molecule has 0 radical (unpaired) electrons. The van der Waals surface area contributed by atoms with Crippen molar-refractivity contribution in [1.82, 2.24) is 4.57 Å². The van der Waals surface area contributed by atoms with E-state index < -0.39 is 0 Å². The lowest BCUT2D eigenvalue weighted by molar-refractivity contribution is 0.674. The second kappa shape index (κ2) is 16.7. The summed E-state index contributed by atoms with van der Waals surface area (Å²) >= 11 is 0. The number of hydrogen-bond acceptors (Lipinski definition) is 2. The van der Waals surface area contributed by atoms with E-state index in [4.69, 9.17) is 4.42 Å². The Kier molecular flexibility index (Phi) is 9.53. The van der Waals surface area contributed by atoms with Gasteiger partial charge in [-0.15, -0.1) is 0 Å². The van der Waals surface area contributed by atoms with Crippen LogP contribution in [0.15, 0.2) is 271 Å². The van der Waals surface area contributed by atoms with Crippen LogP contribution in [0.1, 0.15) is 0 Å². The Morgan fingerprint density at radius 2 is 0.662 bits per heavy atom. The van der Waals surface area contributed by atoms with Crippen LogP contribution in [-0.4, -0.2) is 4.57 Å². The summed E-state index contributed by atoms with van der Waals surface area (Å²) in [7, 11) is 0. The highest BCUT2D eigenvalue weighted by Crippen LogP contribution is 2.43. The van der Waals surface area contributed by atoms with Crippen molar-refractivity contribution in [3.05, 3.63) is 267 Å². The van der Waals surface area contributed by atoms with Crippen LogP contribution in [0, 0.1) is 0 Å². The molecule has 0 saturated carbocycles. The van der Waals surface area contributed by atoms with Gasteiger partial charge < -0.3 is 13.9 Å². The standard InChI is InChI=1S/C68H44N2O/c1-3-16-55-47(13-1)15-11-21-56(55)49-29-27-45(28-30-49)46-31-38-52(39-32-46)69(54-42-35-51(36-43-54)59-22-12-23-62-63-44-37-48-14-2-4-18-58(48)68(63)71-67(59)62)53-40-33-50(34-41-53)57-17-5-8-24-64(57)70-65-25-9-6-19-60(65)61-20-7-10-26-66(61)70/h1-44H. The van der Waals surface area contributed by atoms with Crippen LogP contribution in [-0.2, 0) is 0 Å². The molecule has 0 N–H and O–H groups in total. The van der Waals surface area contributed by atoms with E-state index in [1.807, 2.05) is 0 Å². The minimum absolute atomic E-state index is 0.904. The number of hydrogen-bond donors (Lipinski definition) is 0. The zero-order chi connectivity index (χ0) is 46.8. The molecule has 71 heavy (non-hydrogen) atoms. The Bertz CT molecular complexity index is 4250. The summed E-state index contributed by atoms with van der Waals surface area (Å²) in [6.45, 7) is 0. The molecule has 14 rings (SSSR count). The molecule has 0 saturated heterocycles. The van der Waals surface area contributed by atoms with E-state index in [0.717, 1.165) is 72.3 Å². The molecule has 0 fully saturated rings. The highest BCUT2D eigenvalue weighted by Gasteiger charge is 2.19. The van der Waals surface area contributed by atoms with E-state index in [1.165, 1.54) is 60.2 Å². The first-order valence-electron chi connectivity index (χ1n) is 24.3. The Labute approximate surface area is 411 Å². The zero-order valence-electron chi connectivity index (χ0n) is 38.7. The van der Waals surface area contributed by atoms with Gasteiger partial charge in [0, 0.05) is 55.1 Å². The summed E-state index contributed by atoms with van der Waals surface area (Å²) in [5.74, 6) is 0. The van der Waals surface area contributed by atoms with Crippen LogP contribution in [0.5, 0.6) is 0 Å². The monoisotopic (exact) mass is 904 g/mol. The van der Waals surface area contributed by atoms with E-state index in [-0.39, 0.29) is 0 Å². The summed E-state index contributed by atoms with van der Waals surface area (Å²) in [5, 5.41) is 9.58. The largest absolute Gasteiger partial charge is 0.455 e. The van der Waals surface area contributed by atoms with Gasteiger partial charge in [-0.1, -0.05) is 206 Å². The number of furan rings is 1. The molecular weight excluding hydrogens is 861 g/mol. The van der Waals surface area contributed by atoms with Gasteiger partial charge in [0.25, 0.3) is 0 Å². The summed E-state index contributed by atoms with van der Waals surface area (Å²) in [5.41, 5.74) is 17.9. The van der Waals surface area contributed by atoms with Gasteiger partial charge in [-0.3, -0.25) is 0 Å². The van der Waals surface area contributed by atoms with E-state index in [1.54, 1.807) is 0 Å². The Hall–Kier alpha value is -9.44. The molecule has 14 aromatic rings. The molecule has 0 unspecified atom stereocenters. The SMILES string of the molecule is c1ccc(-n2c3ccccc3c3ccccc32)c(-c2ccc(N(c3ccc(-c4ccc(-c5cccc6ccccc56)cc4)cc3)c3ccc(-c4cccc5c4oc4c6ccccc6ccc54)cc3)cc2)c1. The first-order valence-corrected chi connectivity index (χ1v) is 24.3. The number of anilines is 3. The second-order valence-corrected chi connectivity index (χ2v) is 18.4. The molecule has 0 atom stereocenters. The molecular formula is C68H44N2O. The van der Waals surface area contributed by atoms with Crippen molar-refractivity contribution in [1.29, 1.82) is 0 Å². The summed E-state index contributed by atoms with van der Waals surface area (Å²) in [6.07, 6.45) is 0. The van der Waals surface area contributed by atoms with Gasteiger partial charge in [-0.25, -0.2) is 0 Å². The number of benzene rings is 12. The molecule has 12 aromatic carbocycles. The highest BCUT2D eigenvalue weighted by atomic mass is 16.3. The van der Waals surface area contributed by atoms with E-state index >= 15 is 0 Å². The van der Waals surface area contributed by atoms with Crippen LogP contribution in [0.4, 0.5) is 17.1 Å². The van der Waals surface area contributed by atoms with Gasteiger partial charge in [-0.2, -0.15) is 0 Å². The van der Waals surface area contributed by atoms with Gasteiger partial charge in [-0.05, 0) is 110 Å². The lowest BCUT2D eigenvalue weighted by Gasteiger charge is -2.26. The van der Waals surface area contributed by atoms with Crippen molar-refractivity contribution in [2.45, 2.75) is 0 Å². The molecule has 0 spiro atoms. The molecule has 332 valence electrons. The van der Waals surface area contributed by atoms with Crippen LogP contribution in [0.2, 0.25) is 0 Å². The lowest BCUT2D eigenvalue weighted by Crippen LogP contribution is -2.09. The van der Waals surface area contributed by atoms with Crippen molar-refractivity contribution in [2.75, 3.05) is 4.90 Å². The molecule has 2 heterocycles. The third kappa shape index (κ3) is 6.82. The van der Waals surface area contributed by atoms with Crippen molar-refractivity contribution < 1.29 is 4.42 Å². The number of fused-ring (bicyclic) bond motifs is 9. The van der Waals surface area contributed by atoms with Crippen LogP contribution in [0.3, 0.4) is 0 Å². The molecule has 0 aliphatic rings. The molecule has 3 heteroatoms. The fraction of sp³-hybridized carbons (Fsp3) is 0. The van der Waals surface area contributed by atoms with E-state index in [2.05, 4.69) is 276 Å². The third-order valence-corrected chi connectivity index (χ3v) is 14.4. The maximum Gasteiger partial charge on any atom is 0.143 e. The molecule has 3 nitrogen and oxygen atoms in total. The first-order chi connectivity index (χ1) is 35.2. The number of rotatable bonds is 8. The smallest absolute Gasteiger partial charge is 0.143 e. The quantitative estimate of drug-likeness (QED) is 0.151. The summed E-state index contributed by atoms with van der Waals surface area (Å²) < 4.78 is 9.18. The van der Waals surface area contributed by atoms with Crippen molar-refractivity contribution in [3.63, 3.8) is 0 Å². The van der Waals surface area contributed by atoms with Gasteiger partial charge >= 0.3 is 0 Å². The predicted molar refractivity (Wildman–Crippen MR) is 299 cm³/mol. The Morgan fingerprint density at radius 1 is 0.254 bits per heavy atom. The summed E-state index contributed by atoms with van der Waals surface area (Å²) in [6, 6.07) is 96.5. The molecule has 0 bridgehead atoms. The Morgan fingerprint density at radius 3 is 1.32 bits per heavy atom. The minimum Gasteiger partial charge on any atom is -0.455 e. The van der Waals surface area contributed by atoms with Crippen LogP contribution < -0.4 is 4.90 Å². The van der Waals surface area contributed by atoms with E-state index in [0.29, 0.717) is 0 Å². The number of aromatic nitrogens is 1. The third-order valence-electron chi connectivity index (χ3n) is 14.4. The molecule has 0 amide bonds. The van der Waals surface area contributed by atoms with Gasteiger partial charge in [0.05, 0.1) is 16.7 Å². The number of nitrogens with zero attached hydrogens (tertiary/aromatic N) is 2. The van der Waals surface area contributed by atoms with Crippen LogP contribution >= 0.6 is 0 Å².